The van der Waals surface area contributed by atoms with Crippen molar-refractivity contribution in [3.8, 4) is 11.5 Å². The number of carboxylic acid groups (broad SMARTS) is 1. The number of thiocarbonyl (C=S) groups is 1. The number of carbonyl (C=O) groups is 2. The van der Waals surface area contributed by atoms with Crippen LogP contribution in [0.5, 0.6) is 11.5 Å². The van der Waals surface area contributed by atoms with Crippen molar-refractivity contribution < 1.29 is 24.2 Å². The second-order valence-electron chi connectivity index (χ2n) is 6.48. The van der Waals surface area contributed by atoms with Gasteiger partial charge >= 0.3 is 5.97 Å². The Hall–Kier alpha value is -2.55. The number of benzene rings is 2. The number of hydrogen-bond acceptors (Lipinski definition) is 6. The van der Waals surface area contributed by atoms with E-state index >= 15 is 0 Å². The largest absolute Gasteiger partial charge is 0.490 e. The molecule has 1 fully saturated rings. The van der Waals surface area contributed by atoms with Crippen molar-refractivity contribution in [1.82, 2.24) is 4.90 Å². The second-order valence-corrected chi connectivity index (χ2v) is 8.56. The third kappa shape index (κ3) is 5.39. The van der Waals surface area contributed by atoms with Crippen LogP contribution in [0.15, 0.2) is 41.3 Å². The van der Waals surface area contributed by atoms with Gasteiger partial charge in [0.25, 0.3) is 5.91 Å². The number of thioether (sulfide) groups is 1. The van der Waals surface area contributed by atoms with E-state index in [4.69, 9.17) is 38.4 Å². The molecule has 0 unspecified atom stereocenters. The van der Waals surface area contributed by atoms with Crippen LogP contribution in [-0.2, 0) is 11.4 Å². The fourth-order valence-corrected chi connectivity index (χ4v) is 4.56. The molecule has 1 aliphatic rings. The van der Waals surface area contributed by atoms with Gasteiger partial charge in [-0.1, -0.05) is 47.7 Å². The molecule has 0 saturated carbocycles. The van der Waals surface area contributed by atoms with Crippen molar-refractivity contribution in [3.05, 3.63) is 63.0 Å². The summed E-state index contributed by atoms with van der Waals surface area (Å²) in [6.07, 6.45) is 1.73. The molecule has 1 N–H and O–H groups in total. The van der Waals surface area contributed by atoms with Crippen LogP contribution in [0.1, 0.15) is 35.3 Å². The Kier molecular flexibility index (Phi) is 7.59. The number of aromatic carboxylic acids is 1. The van der Waals surface area contributed by atoms with E-state index in [0.29, 0.717) is 44.5 Å². The molecule has 3 rings (SSSR count). The number of halogens is 1. The maximum atomic E-state index is 12.5. The molecule has 0 aliphatic carbocycles. The van der Waals surface area contributed by atoms with Gasteiger partial charge in [-0.2, -0.15) is 0 Å². The molecule has 1 heterocycles. The van der Waals surface area contributed by atoms with Gasteiger partial charge < -0.3 is 14.6 Å². The summed E-state index contributed by atoms with van der Waals surface area (Å²) in [6, 6.07) is 9.86. The molecule has 9 heteroatoms. The van der Waals surface area contributed by atoms with Crippen molar-refractivity contribution in [3.63, 3.8) is 0 Å². The molecule has 0 radical (unpaired) electrons. The van der Waals surface area contributed by atoms with E-state index in [1.165, 1.54) is 23.9 Å². The van der Waals surface area contributed by atoms with Crippen LogP contribution in [0.25, 0.3) is 6.08 Å². The zero-order valence-corrected chi connectivity index (χ0v) is 19.3. The van der Waals surface area contributed by atoms with Crippen molar-refractivity contribution in [2.24, 2.45) is 0 Å². The molecule has 31 heavy (non-hydrogen) atoms. The zero-order chi connectivity index (χ0) is 22.5. The van der Waals surface area contributed by atoms with Gasteiger partial charge in [-0.05, 0) is 55.3 Å². The minimum absolute atomic E-state index is 0.128. The molecule has 1 saturated heterocycles. The average Bonchev–Trinajstić information content (AvgIpc) is 3.00. The van der Waals surface area contributed by atoms with Crippen molar-refractivity contribution >= 4 is 57.9 Å². The van der Waals surface area contributed by atoms with Gasteiger partial charge in [0.2, 0.25) is 0 Å². The Morgan fingerprint density at radius 1 is 1.23 bits per heavy atom. The minimum atomic E-state index is -0.986. The lowest BCUT2D eigenvalue weighted by atomic mass is 10.1. The van der Waals surface area contributed by atoms with Crippen LogP contribution in [0.4, 0.5) is 0 Å². The summed E-state index contributed by atoms with van der Waals surface area (Å²) in [6.45, 7) is 4.84. The van der Waals surface area contributed by atoms with Gasteiger partial charge in [0.15, 0.2) is 11.5 Å². The maximum Gasteiger partial charge on any atom is 0.335 e. The smallest absolute Gasteiger partial charge is 0.335 e. The number of carbonyl (C=O) groups excluding carboxylic acids is 1. The lowest BCUT2D eigenvalue weighted by Gasteiger charge is -2.15. The summed E-state index contributed by atoms with van der Waals surface area (Å²) in [5.74, 6) is -0.282. The lowest BCUT2D eigenvalue weighted by molar-refractivity contribution is -0.121. The first-order chi connectivity index (χ1) is 14.8. The zero-order valence-electron chi connectivity index (χ0n) is 16.9. The fraction of sp³-hybridized carbons (Fsp3) is 0.227. The van der Waals surface area contributed by atoms with Crippen LogP contribution >= 0.6 is 35.6 Å². The van der Waals surface area contributed by atoms with E-state index in [-0.39, 0.29) is 18.1 Å². The van der Waals surface area contributed by atoms with Gasteiger partial charge in [0.05, 0.1) is 22.1 Å². The first-order valence-electron chi connectivity index (χ1n) is 9.50. The molecule has 2 aromatic carbocycles. The molecule has 0 atom stereocenters. The molecular weight excluding hydrogens is 458 g/mol. The highest BCUT2D eigenvalue weighted by Crippen LogP contribution is 2.39. The molecule has 2 aromatic rings. The van der Waals surface area contributed by atoms with Crippen LogP contribution in [0.2, 0.25) is 5.02 Å². The lowest BCUT2D eigenvalue weighted by Crippen LogP contribution is -2.27. The number of amides is 1. The average molecular weight is 478 g/mol. The van der Waals surface area contributed by atoms with Gasteiger partial charge in [-0.3, -0.25) is 9.69 Å². The molecule has 6 nitrogen and oxygen atoms in total. The minimum Gasteiger partial charge on any atom is -0.490 e. The monoisotopic (exact) mass is 477 g/mol. The summed E-state index contributed by atoms with van der Waals surface area (Å²) in [5, 5.41) is 9.34. The van der Waals surface area contributed by atoms with Crippen molar-refractivity contribution in [1.29, 1.82) is 0 Å². The molecule has 162 valence electrons. The third-order valence-electron chi connectivity index (χ3n) is 4.40. The fourth-order valence-electron chi connectivity index (χ4n) is 2.90. The second kappa shape index (κ2) is 10.2. The summed E-state index contributed by atoms with van der Waals surface area (Å²) >= 11 is 13.0. The van der Waals surface area contributed by atoms with Crippen molar-refractivity contribution in [2.75, 3.05) is 13.2 Å². The van der Waals surface area contributed by atoms with Crippen LogP contribution in [0.3, 0.4) is 0 Å². The van der Waals surface area contributed by atoms with Gasteiger partial charge in [-0.25, -0.2) is 4.79 Å². The van der Waals surface area contributed by atoms with Crippen molar-refractivity contribution in [2.45, 2.75) is 20.5 Å². The summed E-state index contributed by atoms with van der Waals surface area (Å²) in [5.41, 5.74) is 1.69. The normalized spacial score (nSPS) is 14.9. The van der Waals surface area contributed by atoms with Crippen LogP contribution in [-0.4, -0.2) is 39.4 Å². The molecule has 1 aliphatic heterocycles. The third-order valence-corrected chi connectivity index (χ3v) is 6.06. The van der Waals surface area contributed by atoms with Crippen LogP contribution < -0.4 is 9.47 Å². The number of rotatable bonds is 8. The van der Waals surface area contributed by atoms with E-state index in [0.717, 1.165) is 5.56 Å². The highest BCUT2D eigenvalue weighted by molar-refractivity contribution is 8.26. The maximum absolute atomic E-state index is 12.5. The molecular formula is C22H20ClNO5S2. The molecule has 0 bridgehead atoms. The number of nitrogens with zero attached hydrogens (tertiary/aromatic N) is 1. The predicted molar refractivity (Wildman–Crippen MR) is 126 cm³/mol. The highest BCUT2D eigenvalue weighted by atomic mass is 35.5. The first kappa shape index (κ1) is 23.1. The molecule has 0 aromatic heterocycles. The highest BCUT2D eigenvalue weighted by Gasteiger charge is 2.30. The van der Waals surface area contributed by atoms with E-state index in [2.05, 4.69) is 0 Å². The number of likely N-dealkylation sites (N-methyl/N-ethyl adjacent to an activating group) is 1. The topological polar surface area (TPSA) is 76.1 Å². The first-order valence-corrected chi connectivity index (χ1v) is 11.1. The summed E-state index contributed by atoms with van der Waals surface area (Å²) < 4.78 is 12.1. The van der Waals surface area contributed by atoms with Gasteiger partial charge in [-0.15, -0.1) is 0 Å². The summed E-state index contributed by atoms with van der Waals surface area (Å²) in [7, 11) is 0. The Bertz CT molecular complexity index is 1050. The standard InChI is InChI=1S/C22H20ClNO5S2/c1-3-24-20(25)18(31-22(24)30)11-14-9-16(23)19(17(10-14)28-4-2)29-12-13-5-7-15(8-6-13)21(26)27/h5-11H,3-4,12H2,1-2H3,(H,26,27). The number of carboxylic acids is 1. The van der Waals surface area contributed by atoms with E-state index in [1.54, 1.807) is 35.2 Å². The number of hydrogen-bond donors (Lipinski definition) is 1. The van der Waals surface area contributed by atoms with E-state index in [9.17, 15) is 9.59 Å². The van der Waals surface area contributed by atoms with Gasteiger partial charge in [0, 0.05) is 6.54 Å². The Balaban J connectivity index is 1.83. The van der Waals surface area contributed by atoms with E-state index in [1.807, 2.05) is 13.8 Å². The van der Waals surface area contributed by atoms with Crippen LogP contribution in [0, 0.1) is 0 Å². The molecule has 0 spiro atoms. The predicted octanol–water partition coefficient (Wildman–Crippen LogP) is 5.24. The quantitative estimate of drug-likeness (QED) is 0.411. The number of ether oxygens (including phenoxy) is 2. The van der Waals surface area contributed by atoms with Gasteiger partial charge in [0.1, 0.15) is 10.9 Å². The Labute approximate surface area is 194 Å². The van der Waals surface area contributed by atoms with E-state index < -0.39 is 5.97 Å². The Morgan fingerprint density at radius 2 is 1.94 bits per heavy atom. The Morgan fingerprint density at radius 3 is 2.52 bits per heavy atom. The SMILES string of the molecule is CCOc1cc(C=C2SC(=S)N(CC)C2=O)cc(Cl)c1OCc1ccc(C(=O)O)cc1. The molecule has 1 amide bonds. The summed E-state index contributed by atoms with van der Waals surface area (Å²) in [4.78, 5) is 25.5.